The van der Waals surface area contributed by atoms with Gasteiger partial charge in [-0.2, -0.15) is 0 Å². The van der Waals surface area contributed by atoms with Gasteiger partial charge in [0.25, 0.3) is 5.91 Å². The lowest BCUT2D eigenvalue weighted by atomic mass is 10.3. The molecule has 0 spiro atoms. The molecule has 0 bridgehead atoms. The summed E-state index contributed by atoms with van der Waals surface area (Å²) in [5.41, 5.74) is 0.473. The smallest absolute Gasteiger partial charge is 0.254 e. The van der Waals surface area contributed by atoms with Crippen LogP contribution in [0.15, 0.2) is 12.4 Å². The van der Waals surface area contributed by atoms with Gasteiger partial charge in [0, 0.05) is 26.0 Å². The molecular formula is C8H12N4O. The van der Waals surface area contributed by atoms with Crippen LogP contribution in [-0.4, -0.2) is 29.5 Å². The third kappa shape index (κ3) is 2.40. The SMILES string of the molecule is CCNC(=O)c1cnc(NC)nc1. The topological polar surface area (TPSA) is 66.9 Å². The Hall–Kier alpha value is -1.65. The van der Waals surface area contributed by atoms with Gasteiger partial charge in [-0.25, -0.2) is 9.97 Å². The summed E-state index contributed by atoms with van der Waals surface area (Å²) in [4.78, 5) is 19.1. The Morgan fingerprint density at radius 2 is 2.08 bits per heavy atom. The molecule has 0 fully saturated rings. The van der Waals surface area contributed by atoms with E-state index in [0.717, 1.165) is 0 Å². The van der Waals surface area contributed by atoms with Crippen molar-refractivity contribution in [2.75, 3.05) is 18.9 Å². The van der Waals surface area contributed by atoms with E-state index in [1.807, 2.05) is 6.92 Å². The number of carbonyl (C=O) groups is 1. The Morgan fingerprint density at radius 3 is 2.54 bits per heavy atom. The fraction of sp³-hybridized carbons (Fsp3) is 0.375. The summed E-state index contributed by atoms with van der Waals surface area (Å²) in [6.07, 6.45) is 2.98. The summed E-state index contributed by atoms with van der Waals surface area (Å²) >= 11 is 0. The third-order valence-corrected chi connectivity index (χ3v) is 1.47. The van der Waals surface area contributed by atoms with Crippen LogP contribution >= 0.6 is 0 Å². The number of aromatic nitrogens is 2. The number of nitrogens with zero attached hydrogens (tertiary/aromatic N) is 2. The van der Waals surface area contributed by atoms with Gasteiger partial charge in [0.05, 0.1) is 5.56 Å². The van der Waals surface area contributed by atoms with Crippen LogP contribution in [0.25, 0.3) is 0 Å². The first kappa shape index (κ1) is 9.44. The van der Waals surface area contributed by atoms with Gasteiger partial charge in [-0.05, 0) is 6.92 Å². The maximum atomic E-state index is 11.2. The number of nitrogens with one attached hydrogen (secondary N) is 2. The minimum atomic E-state index is -0.148. The predicted octanol–water partition coefficient (Wildman–Crippen LogP) is 0.268. The van der Waals surface area contributed by atoms with Crippen molar-refractivity contribution in [3.05, 3.63) is 18.0 Å². The molecule has 0 aliphatic heterocycles. The normalized spacial score (nSPS) is 9.38. The van der Waals surface area contributed by atoms with Crippen molar-refractivity contribution in [2.45, 2.75) is 6.92 Å². The van der Waals surface area contributed by atoms with E-state index in [-0.39, 0.29) is 5.91 Å². The average molecular weight is 180 g/mol. The number of hydrogen-bond donors (Lipinski definition) is 2. The molecule has 0 radical (unpaired) electrons. The molecule has 5 heteroatoms. The highest BCUT2D eigenvalue weighted by Gasteiger charge is 2.04. The Kier molecular flexibility index (Phi) is 3.19. The van der Waals surface area contributed by atoms with Gasteiger partial charge in [-0.1, -0.05) is 0 Å². The monoisotopic (exact) mass is 180 g/mol. The third-order valence-electron chi connectivity index (χ3n) is 1.47. The van der Waals surface area contributed by atoms with Crippen LogP contribution in [0.1, 0.15) is 17.3 Å². The molecule has 1 aromatic heterocycles. The number of rotatable bonds is 3. The molecule has 1 heterocycles. The maximum absolute atomic E-state index is 11.2. The highest BCUT2D eigenvalue weighted by atomic mass is 16.1. The summed E-state index contributed by atoms with van der Waals surface area (Å²) in [7, 11) is 1.72. The number of amides is 1. The van der Waals surface area contributed by atoms with Crippen molar-refractivity contribution in [3.8, 4) is 0 Å². The standard InChI is InChI=1S/C8H12N4O/c1-3-10-7(13)6-4-11-8(9-2)12-5-6/h4-5H,3H2,1-2H3,(H,10,13)(H,9,11,12). The molecule has 0 saturated heterocycles. The number of carbonyl (C=O) groups excluding carboxylic acids is 1. The lowest BCUT2D eigenvalue weighted by Gasteiger charge is -2.01. The Bertz CT molecular complexity index is 283. The Morgan fingerprint density at radius 1 is 1.46 bits per heavy atom. The first-order valence-electron chi connectivity index (χ1n) is 4.06. The van der Waals surface area contributed by atoms with Crippen LogP contribution in [0.2, 0.25) is 0 Å². The molecule has 0 aromatic carbocycles. The zero-order valence-electron chi connectivity index (χ0n) is 7.66. The Balaban J connectivity index is 2.74. The van der Waals surface area contributed by atoms with E-state index in [1.54, 1.807) is 7.05 Å². The van der Waals surface area contributed by atoms with Gasteiger partial charge in [0.15, 0.2) is 0 Å². The van der Waals surface area contributed by atoms with Crippen LogP contribution in [-0.2, 0) is 0 Å². The van der Waals surface area contributed by atoms with E-state index in [1.165, 1.54) is 12.4 Å². The van der Waals surface area contributed by atoms with E-state index >= 15 is 0 Å². The molecule has 1 rings (SSSR count). The molecule has 13 heavy (non-hydrogen) atoms. The van der Waals surface area contributed by atoms with Crippen molar-refractivity contribution in [1.82, 2.24) is 15.3 Å². The van der Waals surface area contributed by atoms with E-state index in [0.29, 0.717) is 18.1 Å². The van der Waals surface area contributed by atoms with Crippen LogP contribution in [0.4, 0.5) is 5.95 Å². The van der Waals surface area contributed by atoms with Gasteiger partial charge >= 0.3 is 0 Å². The molecule has 70 valence electrons. The molecule has 0 aliphatic carbocycles. The summed E-state index contributed by atoms with van der Waals surface area (Å²) < 4.78 is 0. The molecule has 1 aromatic rings. The van der Waals surface area contributed by atoms with E-state index in [9.17, 15) is 4.79 Å². The molecular weight excluding hydrogens is 168 g/mol. The van der Waals surface area contributed by atoms with Crippen molar-refractivity contribution in [3.63, 3.8) is 0 Å². The van der Waals surface area contributed by atoms with E-state index in [4.69, 9.17) is 0 Å². The van der Waals surface area contributed by atoms with Gasteiger partial charge in [-0.3, -0.25) is 4.79 Å². The largest absolute Gasteiger partial charge is 0.357 e. The van der Waals surface area contributed by atoms with Crippen LogP contribution < -0.4 is 10.6 Å². The van der Waals surface area contributed by atoms with Gasteiger partial charge in [0.1, 0.15) is 0 Å². The van der Waals surface area contributed by atoms with Crippen molar-refractivity contribution >= 4 is 11.9 Å². The van der Waals surface area contributed by atoms with E-state index in [2.05, 4.69) is 20.6 Å². The average Bonchev–Trinajstić information content (AvgIpc) is 2.18. The second kappa shape index (κ2) is 4.39. The van der Waals surface area contributed by atoms with Crippen LogP contribution in [0.3, 0.4) is 0 Å². The molecule has 1 amide bonds. The fourth-order valence-electron chi connectivity index (χ4n) is 0.837. The molecule has 2 N–H and O–H groups in total. The van der Waals surface area contributed by atoms with Crippen LogP contribution in [0, 0.1) is 0 Å². The second-order valence-electron chi connectivity index (χ2n) is 2.40. The number of anilines is 1. The quantitative estimate of drug-likeness (QED) is 0.700. The van der Waals surface area contributed by atoms with Crippen molar-refractivity contribution in [1.29, 1.82) is 0 Å². The van der Waals surface area contributed by atoms with E-state index < -0.39 is 0 Å². The Labute approximate surface area is 76.6 Å². The first-order valence-corrected chi connectivity index (χ1v) is 4.06. The van der Waals surface area contributed by atoms with Crippen LogP contribution in [0.5, 0.6) is 0 Å². The highest BCUT2D eigenvalue weighted by molar-refractivity contribution is 5.93. The zero-order chi connectivity index (χ0) is 9.68. The molecule has 0 unspecified atom stereocenters. The maximum Gasteiger partial charge on any atom is 0.254 e. The molecule has 0 atom stereocenters. The zero-order valence-corrected chi connectivity index (χ0v) is 7.66. The molecule has 0 saturated carbocycles. The summed E-state index contributed by atoms with van der Waals surface area (Å²) in [6, 6.07) is 0. The minimum Gasteiger partial charge on any atom is -0.357 e. The van der Waals surface area contributed by atoms with Gasteiger partial charge in [-0.15, -0.1) is 0 Å². The fourth-order valence-corrected chi connectivity index (χ4v) is 0.837. The summed E-state index contributed by atoms with van der Waals surface area (Å²) in [5, 5.41) is 5.43. The predicted molar refractivity (Wildman–Crippen MR) is 49.6 cm³/mol. The lowest BCUT2D eigenvalue weighted by molar-refractivity contribution is 0.0955. The summed E-state index contributed by atoms with van der Waals surface area (Å²) in [5.74, 6) is 0.359. The van der Waals surface area contributed by atoms with Crippen molar-refractivity contribution in [2.24, 2.45) is 0 Å². The lowest BCUT2D eigenvalue weighted by Crippen LogP contribution is -2.23. The highest BCUT2D eigenvalue weighted by Crippen LogP contribution is 1.98. The minimum absolute atomic E-state index is 0.148. The second-order valence-corrected chi connectivity index (χ2v) is 2.40. The van der Waals surface area contributed by atoms with Gasteiger partial charge < -0.3 is 10.6 Å². The first-order chi connectivity index (χ1) is 6.27. The van der Waals surface area contributed by atoms with Gasteiger partial charge in [0.2, 0.25) is 5.95 Å². The summed E-state index contributed by atoms with van der Waals surface area (Å²) in [6.45, 7) is 2.47. The molecule has 5 nitrogen and oxygen atoms in total. The number of hydrogen-bond acceptors (Lipinski definition) is 4. The van der Waals surface area contributed by atoms with Crippen molar-refractivity contribution < 1.29 is 4.79 Å². The molecule has 0 aliphatic rings.